The highest BCUT2D eigenvalue weighted by Gasteiger charge is 2.35. The molecule has 1 saturated carbocycles. The van der Waals surface area contributed by atoms with Crippen molar-refractivity contribution < 1.29 is 9.84 Å². The number of rotatable bonds is 4. The number of ether oxygens (including phenoxy) is 1. The first-order valence-electron chi connectivity index (χ1n) is 7.97. The van der Waals surface area contributed by atoms with Gasteiger partial charge in [-0.15, -0.1) is 0 Å². The summed E-state index contributed by atoms with van der Waals surface area (Å²) in [5, 5.41) is 10.3. The van der Waals surface area contributed by atoms with E-state index in [1.54, 1.807) is 0 Å². The molecule has 0 aromatic heterocycles. The van der Waals surface area contributed by atoms with Crippen molar-refractivity contribution in [1.82, 2.24) is 4.90 Å². The van der Waals surface area contributed by atoms with Gasteiger partial charge in [-0.05, 0) is 44.7 Å². The molecule has 0 amide bonds. The first-order chi connectivity index (χ1) is 9.79. The van der Waals surface area contributed by atoms with E-state index in [-0.39, 0.29) is 0 Å². The second kappa shape index (κ2) is 6.04. The van der Waals surface area contributed by atoms with Crippen LogP contribution in [0.3, 0.4) is 0 Å². The lowest BCUT2D eigenvalue weighted by Crippen LogP contribution is -2.34. The van der Waals surface area contributed by atoms with Crippen LogP contribution < -0.4 is 4.74 Å². The molecule has 110 valence electrons. The van der Waals surface area contributed by atoms with Crippen molar-refractivity contribution >= 4 is 0 Å². The van der Waals surface area contributed by atoms with Crippen molar-refractivity contribution in [2.75, 3.05) is 13.2 Å². The molecular weight excluding hydrogens is 250 g/mol. The molecule has 0 bridgehead atoms. The van der Waals surface area contributed by atoms with E-state index < -0.39 is 0 Å². The molecule has 1 aromatic rings. The standard InChI is InChI=1S/C17H25NO2/c1-2-20-16-9-5-7-14(17(16)19)12-18-11-10-13-6-3-4-8-15(13)18/h5,7,9,13,15,19H,2-4,6,8,10-12H2,1H3. The van der Waals surface area contributed by atoms with Gasteiger partial charge < -0.3 is 9.84 Å². The van der Waals surface area contributed by atoms with E-state index in [9.17, 15) is 5.11 Å². The number of para-hydroxylation sites is 1. The zero-order chi connectivity index (χ0) is 13.9. The van der Waals surface area contributed by atoms with Gasteiger partial charge in [-0.3, -0.25) is 4.90 Å². The molecule has 1 heterocycles. The highest BCUT2D eigenvalue weighted by molar-refractivity contribution is 5.45. The minimum atomic E-state index is 0.327. The lowest BCUT2D eigenvalue weighted by atomic mass is 9.85. The lowest BCUT2D eigenvalue weighted by Gasteiger charge is -2.31. The Morgan fingerprint density at radius 2 is 2.10 bits per heavy atom. The Balaban J connectivity index is 1.73. The van der Waals surface area contributed by atoms with Crippen molar-refractivity contribution in [1.29, 1.82) is 0 Å². The Labute approximate surface area is 121 Å². The van der Waals surface area contributed by atoms with Gasteiger partial charge in [-0.1, -0.05) is 25.0 Å². The molecule has 1 aromatic carbocycles. The van der Waals surface area contributed by atoms with Gasteiger partial charge in [-0.2, -0.15) is 0 Å². The SMILES string of the molecule is CCOc1cccc(CN2CCC3CCCCC32)c1O. The second-order valence-corrected chi connectivity index (χ2v) is 6.07. The van der Waals surface area contributed by atoms with Crippen LogP contribution in [0.5, 0.6) is 11.5 Å². The normalized spacial score (nSPS) is 26.4. The summed E-state index contributed by atoms with van der Waals surface area (Å²) >= 11 is 0. The predicted octanol–water partition coefficient (Wildman–Crippen LogP) is 3.56. The number of benzene rings is 1. The molecule has 0 spiro atoms. The van der Waals surface area contributed by atoms with Gasteiger partial charge in [0.1, 0.15) is 0 Å². The number of nitrogens with zero attached hydrogens (tertiary/aromatic N) is 1. The number of fused-ring (bicyclic) bond motifs is 1. The minimum Gasteiger partial charge on any atom is -0.504 e. The second-order valence-electron chi connectivity index (χ2n) is 6.07. The predicted molar refractivity (Wildman–Crippen MR) is 80.0 cm³/mol. The van der Waals surface area contributed by atoms with Gasteiger partial charge in [0.25, 0.3) is 0 Å². The Hall–Kier alpha value is -1.22. The molecule has 2 atom stereocenters. The minimum absolute atomic E-state index is 0.327. The molecule has 3 nitrogen and oxygen atoms in total. The summed E-state index contributed by atoms with van der Waals surface area (Å²) in [5.41, 5.74) is 1.00. The fourth-order valence-corrected chi connectivity index (χ4v) is 3.89. The molecular formula is C17H25NO2. The largest absolute Gasteiger partial charge is 0.504 e. The van der Waals surface area contributed by atoms with Crippen molar-refractivity contribution in [3.63, 3.8) is 0 Å². The van der Waals surface area contributed by atoms with E-state index in [0.29, 0.717) is 18.1 Å². The maximum atomic E-state index is 10.3. The Kier molecular flexibility index (Phi) is 4.16. The van der Waals surface area contributed by atoms with Gasteiger partial charge in [0, 0.05) is 18.2 Å². The molecule has 3 rings (SSSR count). The quantitative estimate of drug-likeness (QED) is 0.912. The Bertz CT molecular complexity index is 460. The molecule has 1 aliphatic heterocycles. The average Bonchev–Trinajstić information content (AvgIpc) is 2.87. The van der Waals surface area contributed by atoms with Gasteiger partial charge in [-0.25, -0.2) is 0 Å². The zero-order valence-corrected chi connectivity index (χ0v) is 12.3. The van der Waals surface area contributed by atoms with Crippen LogP contribution >= 0.6 is 0 Å². The Morgan fingerprint density at radius 3 is 2.95 bits per heavy atom. The summed E-state index contributed by atoms with van der Waals surface area (Å²) in [5.74, 6) is 1.83. The van der Waals surface area contributed by atoms with Crippen LogP contribution in [0, 0.1) is 5.92 Å². The molecule has 1 N–H and O–H groups in total. The maximum absolute atomic E-state index is 10.3. The molecule has 1 aliphatic carbocycles. The summed E-state index contributed by atoms with van der Waals surface area (Å²) in [6.45, 7) is 4.56. The van der Waals surface area contributed by atoms with Crippen LogP contribution in [0.15, 0.2) is 18.2 Å². The van der Waals surface area contributed by atoms with Crippen LogP contribution in [-0.4, -0.2) is 29.2 Å². The van der Waals surface area contributed by atoms with Crippen molar-refractivity contribution in [3.05, 3.63) is 23.8 Å². The molecule has 20 heavy (non-hydrogen) atoms. The fourth-order valence-electron chi connectivity index (χ4n) is 3.89. The number of likely N-dealkylation sites (tertiary alicyclic amines) is 1. The summed E-state index contributed by atoms with van der Waals surface area (Å²) in [7, 11) is 0. The zero-order valence-electron chi connectivity index (χ0n) is 12.3. The van der Waals surface area contributed by atoms with Gasteiger partial charge in [0.2, 0.25) is 0 Å². The van der Waals surface area contributed by atoms with E-state index in [1.165, 1.54) is 38.6 Å². The average molecular weight is 275 g/mol. The van der Waals surface area contributed by atoms with E-state index in [1.807, 2.05) is 25.1 Å². The van der Waals surface area contributed by atoms with Crippen molar-refractivity contribution in [2.45, 2.75) is 51.6 Å². The first-order valence-corrected chi connectivity index (χ1v) is 7.97. The van der Waals surface area contributed by atoms with Crippen LogP contribution in [-0.2, 0) is 6.54 Å². The third kappa shape index (κ3) is 2.64. The third-order valence-electron chi connectivity index (χ3n) is 4.88. The number of phenolic OH excluding ortho intramolecular Hbond substituents is 1. The molecule has 2 fully saturated rings. The monoisotopic (exact) mass is 275 g/mol. The number of hydrogen-bond acceptors (Lipinski definition) is 3. The maximum Gasteiger partial charge on any atom is 0.162 e. The van der Waals surface area contributed by atoms with Crippen LogP contribution in [0.1, 0.15) is 44.6 Å². The third-order valence-corrected chi connectivity index (χ3v) is 4.88. The molecule has 1 saturated heterocycles. The van der Waals surface area contributed by atoms with E-state index in [0.717, 1.165) is 24.1 Å². The molecule has 3 heteroatoms. The lowest BCUT2D eigenvalue weighted by molar-refractivity contribution is 0.174. The van der Waals surface area contributed by atoms with Crippen molar-refractivity contribution in [3.8, 4) is 11.5 Å². The van der Waals surface area contributed by atoms with Gasteiger partial charge >= 0.3 is 0 Å². The van der Waals surface area contributed by atoms with Crippen molar-refractivity contribution in [2.24, 2.45) is 5.92 Å². The van der Waals surface area contributed by atoms with E-state index in [4.69, 9.17) is 4.74 Å². The number of aromatic hydroxyl groups is 1. The topological polar surface area (TPSA) is 32.7 Å². The van der Waals surface area contributed by atoms with Crippen LogP contribution in [0.25, 0.3) is 0 Å². The number of hydrogen-bond donors (Lipinski definition) is 1. The highest BCUT2D eigenvalue weighted by Crippen LogP contribution is 2.38. The van der Waals surface area contributed by atoms with E-state index >= 15 is 0 Å². The summed E-state index contributed by atoms with van der Waals surface area (Å²) in [4.78, 5) is 2.56. The molecule has 2 aliphatic rings. The summed E-state index contributed by atoms with van der Waals surface area (Å²) < 4.78 is 5.48. The van der Waals surface area contributed by atoms with Gasteiger partial charge in [0.05, 0.1) is 6.61 Å². The fraction of sp³-hybridized carbons (Fsp3) is 0.647. The Morgan fingerprint density at radius 1 is 1.25 bits per heavy atom. The number of phenols is 1. The van der Waals surface area contributed by atoms with E-state index in [2.05, 4.69) is 4.90 Å². The molecule has 0 radical (unpaired) electrons. The van der Waals surface area contributed by atoms with Gasteiger partial charge in [0.15, 0.2) is 11.5 Å². The highest BCUT2D eigenvalue weighted by atomic mass is 16.5. The van der Waals surface area contributed by atoms with Crippen LogP contribution in [0.4, 0.5) is 0 Å². The first kappa shape index (κ1) is 13.7. The summed E-state index contributed by atoms with van der Waals surface area (Å²) in [6, 6.07) is 6.58. The van der Waals surface area contributed by atoms with Crippen LogP contribution in [0.2, 0.25) is 0 Å². The molecule has 2 unspecified atom stereocenters. The smallest absolute Gasteiger partial charge is 0.162 e. The summed E-state index contributed by atoms with van der Waals surface area (Å²) in [6.07, 6.45) is 6.82.